The zero-order chi connectivity index (χ0) is 10.7. The molecule has 1 aromatic rings. The first-order valence-electron chi connectivity index (χ1n) is 3.58. The van der Waals surface area contributed by atoms with Crippen molar-refractivity contribution in [3.8, 4) is 5.75 Å². The maximum atomic E-state index is 10.6. The summed E-state index contributed by atoms with van der Waals surface area (Å²) in [6.45, 7) is 0. The second-order valence-corrected chi connectivity index (χ2v) is 2.80. The van der Waals surface area contributed by atoms with Gasteiger partial charge in [-0.2, -0.15) is 0 Å². The SMILES string of the molecule is COc1c(Cl)ccc(C=O)c1[N+](=O)[O-]. The summed E-state index contributed by atoms with van der Waals surface area (Å²) in [7, 11) is 1.25. The van der Waals surface area contributed by atoms with E-state index in [0.717, 1.165) is 0 Å². The van der Waals surface area contributed by atoms with Crippen molar-refractivity contribution in [1.29, 1.82) is 0 Å². The number of nitro benzene ring substituents is 1. The first kappa shape index (κ1) is 10.5. The highest BCUT2D eigenvalue weighted by Crippen LogP contribution is 2.36. The van der Waals surface area contributed by atoms with Gasteiger partial charge in [-0.1, -0.05) is 11.6 Å². The van der Waals surface area contributed by atoms with Crippen molar-refractivity contribution in [3.05, 3.63) is 32.8 Å². The molecule has 0 heterocycles. The van der Waals surface area contributed by atoms with Crippen molar-refractivity contribution in [1.82, 2.24) is 0 Å². The Kier molecular flexibility index (Phi) is 3.03. The summed E-state index contributed by atoms with van der Waals surface area (Å²) in [4.78, 5) is 20.4. The zero-order valence-electron chi connectivity index (χ0n) is 7.19. The number of hydrogen-bond donors (Lipinski definition) is 0. The summed E-state index contributed by atoms with van der Waals surface area (Å²) in [6.07, 6.45) is 0.386. The Balaban J connectivity index is 3.51. The van der Waals surface area contributed by atoms with Crippen molar-refractivity contribution in [2.45, 2.75) is 0 Å². The standard InChI is InChI=1S/C8H6ClNO4/c1-14-8-6(9)3-2-5(4-11)7(8)10(12)13/h2-4H,1H3. The molecule has 0 saturated heterocycles. The number of benzene rings is 1. The first-order valence-corrected chi connectivity index (χ1v) is 3.95. The van der Waals surface area contributed by atoms with Gasteiger partial charge in [-0.3, -0.25) is 14.9 Å². The number of carbonyl (C=O) groups is 1. The number of nitrogens with zero attached hydrogens (tertiary/aromatic N) is 1. The van der Waals surface area contributed by atoms with E-state index < -0.39 is 10.6 Å². The van der Waals surface area contributed by atoms with E-state index in [1.807, 2.05) is 0 Å². The Hall–Kier alpha value is -1.62. The number of carbonyl (C=O) groups excluding carboxylic acids is 1. The predicted octanol–water partition coefficient (Wildman–Crippen LogP) is 2.07. The Morgan fingerprint density at radius 1 is 1.57 bits per heavy atom. The number of aldehydes is 1. The number of hydrogen-bond acceptors (Lipinski definition) is 4. The highest BCUT2D eigenvalue weighted by molar-refractivity contribution is 6.32. The van der Waals surface area contributed by atoms with Gasteiger partial charge < -0.3 is 4.74 Å². The molecule has 0 fully saturated rings. The highest BCUT2D eigenvalue weighted by Gasteiger charge is 2.22. The van der Waals surface area contributed by atoms with Crippen LogP contribution in [0.5, 0.6) is 5.75 Å². The molecular formula is C8H6ClNO4. The van der Waals surface area contributed by atoms with E-state index in [1.165, 1.54) is 19.2 Å². The third-order valence-corrected chi connectivity index (χ3v) is 1.93. The second kappa shape index (κ2) is 4.06. The molecule has 0 unspecified atom stereocenters. The largest absolute Gasteiger partial charge is 0.489 e. The van der Waals surface area contributed by atoms with Crippen LogP contribution >= 0.6 is 11.6 Å². The zero-order valence-corrected chi connectivity index (χ0v) is 7.95. The molecule has 74 valence electrons. The average Bonchev–Trinajstić information content (AvgIpc) is 2.17. The highest BCUT2D eigenvalue weighted by atomic mass is 35.5. The van der Waals surface area contributed by atoms with Gasteiger partial charge in [0.05, 0.1) is 22.6 Å². The molecular weight excluding hydrogens is 210 g/mol. The van der Waals surface area contributed by atoms with E-state index in [9.17, 15) is 14.9 Å². The Morgan fingerprint density at radius 3 is 2.64 bits per heavy atom. The van der Waals surface area contributed by atoms with Crippen LogP contribution in [0.3, 0.4) is 0 Å². The number of halogens is 1. The summed E-state index contributed by atoms with van der Waals surface area (Å²) >= 11 is 5.66. The van der Waals surface area contributed by atoms with E-state index in [4.69, 9.17) is 16.3 Å². The molecule has 0 N–H and O–H groups in total. The lowest BCUT2D eigenvalue weighted by Crippen LogP contribution is -1.98. The van der Waals surface area contributed by atoms with Gasteiger partial charge in [-0.25, -0.2) is 0 Å². The molecule has 1 aromatic carbocycles. The quantitative estimate of drug-likeness (QED) is 0.440. The maximum absolute atomic E-state index is 10.6. The van der Waals surface area contributed by atoms with E-state index >= 15 is 0 Å². The fourth-order valence-corrected chi connectivity index (χ4v) is 1.27. The minimum atomic E-state index is -0.700. The van der Waals surface area contributed by atoms with Crippen LogP contribution in [0.25, 0.3) is 0 Å². The molecule has 0 saturated carbocycles. The molecule has 0 spiro atoms. The van der Waals surface area contributed by atoms with Crippen LogP contribution in [-0.2, 0) is 0 Å². The summed E-state index contributed by atoms with van der Waals surface area (Å²) < 4.78 is 4.75. The minimum Gasteiger partial charge on any atom is -0.489 e. The van der Waals surface area contributed by atoms with E-state index in [2.05, 4.69) is 0 Å². The molecule has 0 atom stereocenters. The third-order valence-electron chi connectivity index (χ3n) is 1.63. The van der Waals surface area contributed by atoms with Crippen LogP contribution < -0.4 is 4.74 Å². The molecule has 6 heteroatoms. The van der Waals surface area contributed by atoms with Crippen LogP contribution in [0.1, 0.15) is 10.4 Å². The lowest BCUT2D eigenvalue weighted by atomic mass is 10.2. The Labute approximate surface area is 84.4 Å². The number of ether oxygens (including phenoxy) is 1. The molecule has 0 aromatic heterocycles. The average molecular weight is 216 g/mol. The van der Waals surface area contributed by atoms with Crippen molar-refractivity contribution in [3.63, 3.8) is 0 Å². The monoisotopic (exact) mass is 215 g/mol. The number of nitro groups is 1. The van der Waals surface area contributed by atoms with Crippen LogP contribution in [0.15, 0.2) is 12.1 Å². The maximum Gasteiger partial charge on any atom is 0.322 e. The normalized spacial score (nSPS) is 9.57. The fourth-order valence-electron chi connectivity index (χ4n) is 1.04. The Bertz CT molecular complexity index is 391. The van der Waals surface area contributed by atoms with E-state index in [0.29, 0.717) is 6.29 Å². The number of rotatable bonds is 3. The molecule has 0 aliphatic heterocycles. The van der Waals surface area contributed by atoms with Crippen molar-refractivity contribution in [2.24, 2.45) is 0 Å². The summed E-state index contributed by atoms with van der Waals surface area (Å²) in [6, 6.07) is 2.65. The van der Waals surface area contributed by atoms with Crippen LogP contribution in [0, 0.1) is 10.1 Å². The van der Waals surface area contributed by atoms with Crippen LogP contribution in [0.2, 0.25) is 5.02 Å². The third kappa shape index (κ3) is 1.67. The topological polar surface area (TPSA) is 69.4 Å². The molecule has 0 radical (unpaired) electrons. The molecule has 0 aliphatic rings. The second-order valence-electron chi connectivity index (χ2n) is 2.39. The van der Waals surface area contributed by atoms with Crippen molar-refractivity contribution >= 4 is 23.6 Å². The van der Waals surface area contributed by atoms with Gasteiger partial charge in [0.2, 0.25) is 5.75 Å². The van der Waals surface area contributed by atoms with Gasteiger partial charge in [0.15, 0.2) is 6.29 Å². The number of methoxy groups -OCH3 is 1. The summed E-state index contributed by atoms with van der Waals surface area (Å²) in [5.41, 5.74) is -0.466. The van der Waals surface area contributed by atoms with Crippen LogP contribution in [0.4, 0.5) is 5.69 Å². The molecule has 14 heavy (non-hydrogen) atoms. The molecule has 5 nitrogen and oxygen atoms in total. The summed E-state index contributed by atoms with van der Waals surface area (Å²) in [5.74, 6) is -0.0960. The molecule has 0 bridgehead atoms. The fraction of sp³-hybridized carbons (Fsp3) is 0.125. The van der Waals surface area contributed by atoms with Crippen LogP contribution in [-0.4, -0.2) is 18.3 Å². The predicted molar refractivity (Wildman–Crippen MR) is 50.0 cm³/mol. The lowest BCUT2D eigenvalue weighted by Gasteiger charge is -2.04. The van der Waals surface area contributed by atoms with Crippen molar-refractivity contribution in [2.75, 3.05) is 7.11 Å². The van der Waals surface area contributed by atoms with Gasteiger partial charge in [0.25, 0.3) is 0 Å². The van der Waals surface area contributed by atoms with Gasteiger partial charge >= 0.3 is 5.69 Å². The van der Waals surface area contributed by atoms with E-state index in [-0.39, 0.29) is 16.3 Å². The van der Waals surface area contributed by atoms with Gasteiger partial charge in [0, 0.05) is 0 Å². The first-order chi connectivity index (χ1) is 6.61. The minimum absolute atomic E-state index is 0.0590. The molecule has 1 rings (SSSR count). The van der Waals surface area contributed by atoms with Crippen molar-refractivity contribution < 1.29 is 14.5 Å². The summed E-state index contributed by atoms with van der Waals surface area (Å²) in [5, 5.41) is 10.7. The lowest BCUT2D eigenvalue weighted by molar-refractivity contribution is -0.385. The molecule has 0 aliphatic carbocycles. The smallest absolute Gasteiger partial charge is 0.322 e. The van der Waals surface area contributed by atoms with E-state index in [1.54, 1.807) is 0 Å². The molecule has 0 amide bonds. The van der Waals surface area contributed by atoms with Gasteiger partial charge in [-0.15, -0.1) is 0 Å². The van der Waals surface area contributed by atoms with Gasteiger partial charge in [-0.05, 0) is 12.1 Å². The Morgan fingerprint density at radius 2 is 2.21 bits per heavy atom. The van der Waals surface area contributed by atoms with Gasteiger partial charge in [0.1, 0.15) is 0 Å².